The lowest BCUT2D eigenvalue weighted by Crippen LogP contribution is -2.41. The molecule has 3 heteroatoms. The van der Waals surface area contributed by atoms with Crippen LogP contribution in [0, 0.1) is 0 Å². The first-order valence-corrected chi connectivity index (χ1v) is 11.5. The Labute approximate surface area is 138 Å². The van der Waals surface area contributed by atoms with E-state index in [0.29, 0.717) is 0 Å². The fourth-order valence-electron chi connectivity index (χ4n) is 2.24. The van der Waals surface area contributed by atoms with E-state index in [-0.39, 0.29) is 17.7 Å². The summed E-state index contributed by atoms with van der Waals surface area (Å²) < 4.78 is 6.68. The van der Waals surface area contributed by atoms with Gasteiger partial charge in [0.1, 0.15) is 0 Å². The van der Waals surface area contributed by atoms with E-state index in [1.165, 1.54) is 24.8 Å². The van der Waals surface area contributed by atoms with E-state index in [1.807, 2.05) is 12.1 Å². The van der Waals surface area contributed by atoms with Gasteiger partial charge < -0.3 is 9.53 Å². The van der Waals surface area contributed by atoms with Crippen molar-refractivity contribution in [2.24, 2.45) is 0 Å². The normalized spacial score (nSPS) is 14.1. The van der Waals surface area contributed by atoms with E-state index in [2.05, 4.69) is 52.9 Å². The maximum absolute atomic E-state index is 9.21. The van der Waals surface area contributed by atoms with E-state index in [9.17, 15) is 5.11 Å². The molecule has 0 heterocycles. The number of unbranched alkanes of at least 4 members (excludes halogenated alkanes) is 2. The Kier molecular flexibility index (Phi) is 7.30. The van der Waals surface area contributed by atoms with Gasteiger partial charge in [-0.15, -0.1) is 0 Å². The monoisotopic (exact) mass is 322 g/mol. The number of aliphatic hydroxyl groups excluding tert-OH is 1. The molecule has 1 unspecified atom stereocenters. The molecule has 0 spiro atoms. The molecule has 2 nitrogen and oxygen atoms in total. The Bertz CT molecular complexity index is 432. The van der Waals surface area contributed by atoms with Crippen LogP contribution in [0.1, 0.15) is 70.6 Å². The van der Waals surface area contributed by atoms with Gasteiger partial charge in [0.15, 0.2) is 8.32 Å². The molecule has 1 aromatic carbocycles. The number of hydrogen-bond donors (Lipinski definition) is 1. The number of hydrogen-bond acceptors (Lipinski definition) is 2. The van der Waals surface area contributed by atoms with Gasteiger partial charge in [0.05, 0.1) is 12.7 Å². The third-order valence-corrected chi connectivity index (χ3v) is 9.33. The zero-order valence-electron chi connectivity index (χ0n) is 15.3. The summed E-state index contributed by atoms with van der Waals surface area (Å²) in [6.07, 6.45) is 4.96. The molecule has 0 aliphatic heterocycles. The first kappa shape index (κ1) is 19.4. The van der Waals surface area contributed by atoms with Crippen molar-refractivity contribution in [1.29, 1.82) is 0 Å². The van der Waals surface area contributed by atoms with Gasteiger partial charge in [-0.25, -0.2) is 0 Å². The highest BCUT2D eigenvalue weighted by Crippen LogP contribution is 2.41. The third kappa shape index (κ3) is 5.53. The molecule has 1 aromatic rings. The molecule has 1 atom stereocenters. The summed E-state index contributed by atoms with van der Waals surface area (Å²) >= 11 is 0. The summed E-state index contributed by atoms with van der Waals surface area (Å²) in [5.41, 5.74) is 2.21. The molecule has 126 valence electrons. The van der Waals surface area contributed by atoms with Crippen molar-refractivity contribution in [3.63, 3.8) is 0 Å². The number of aliphatic hydroxyl groups is 1. The summed E-state index contributed by atoms with van der Waals surface area (Å²) in [5, 5.41) is 9.43. The van der Waals surface area contributed by atoms with Gasteiger partial charge >= 0.3 is 0 Å². The van der Waals surface area contributed by atoms with Crippen molar-refractivity contribution >= 4 is 8.32 Å². The van der Waals surface area contributed by atoms with Gasteiger partial charge in [0.25, 0.3) is 0 Å². The van der Waals surface area contributed by atoms with E-state index >= 15 is 0 Å². The molecule has 0 bridgehead atoms. The van der Waals surface area contributed by atoms with Crippen LogP contribution in [0.5, 0.6) is 0 Å². The fourth-order valence-corrected chi connectivity index (χ4v) is 3.56. The van der Waals surface area contributed by atoms with Crippen molar-refractivity contribution in [3.8, 4) is 0 Å². The summed E-state index contributed by atoms with van der Waals surface area (Å²) in [7, 11) is -1.78. The Morgan fingerprint density at radius 2 is 1.68 bits per heavy atom. The lowest BCUT2D eigenvalue weighted by Gasteiger charge is -2.39. The topological polar surface area (TPSA) is 29.5 Å². The van der Waals surface area contributed by atoms with Crippen molar-refractivity contribution in [2.45, 2.75) is 84.2 Å². The van der Waals surface area contributed by atoms with Gasteiger partial charge in [-0.3, -0.25) is 0 Å². The molecule has 0 fully saturated rings. The van der Waals surface area contributed by atoms with E-state index in [0.717, 1.165) is 12.0 Å². The van der Waals surface area contributed by atoms with Crippen molar-refractivity contribution in [1.82, 2.24) is 0 Å². The highest BCUT2D eigenvalue weighted by molar-refractivity contribution is 6.74. The second-order valence-electron chi connectivity index (χ2n) is 7.76. The van der Waals surface area contributed by atoms with Crippen molar-refractivity contribution in [3.05, 3.63) is 35.4 Å². The molecule has 0 saturated heterocycles. The predicted molar refractivity (Wildman–Crippen MR) is 97.5 cm³/mol. The highest BCUT2D eigenvalue weighted by Gasteiger charge is 2.39. The minimum atomic E-state index is -1.78. The molecule has 0 aliphatic rings. The zero-order chi connectivity index (χ0) is 16.8. The second kappa shape index (κ2) is 8.28. The van der Waals surface area contributed by atoms with Gasteiger partial charge in [0.2, 0.25) is 0 Å². The van der Waals surface area contributed by atoms with Crippen LogP contribution in [-0.2, 0) is 11.0 Å². The lowest BCUT2D eigenvalue weighted by molar-refractivity contribution is 0.170. The second-order valence-corrected chi connectivity index (χ2v) is 12.5. The highest BCUT2D eigenvalue weighted by atomic mass is 28.4. The van der Waals surface area contributed by atoms with Gasteiger partial charge in [-0.1, -0.05) is 71.2 Å². The molecule has 0 aromatic heterocycles. The Morgan fingerprint density at radius 3 is 2.14 bits per heavy atom. The molecule has 0 amide bonds. The molecule has 1 rings (SSSR count). The Balaban J connectivity index is 2.91. The summed E-state index contributed by atoms with van der Waals surface area (Å²) in [6.45, 7) is 13.8. The number of rotatable bonds is 8. The molecule has 22 heavy (non-hydrogen) atoms. The molecule has 0 aliphatic carbocycles. The quantitative estimate of drug-likeness (QED) is 0.482. The van der Waals surface area contributed by atoms with E-state index < -0.39 is 8.32 Å². The van der Waals surface area contributed by atoms with Crippen LogP contribution in [0.2, 0.25) is 18.1 Å². The van der Waals surface area contributed by atoms with Crippen LogP contribution in [0.25, 0.3) is 0 Å². The minimum Gasteiger partial charge on any atom is -0.410 e. The molecular formula is C19H34O2Si. The predicted octanol–water partition coefficient (Wildman–Crippen LogP) is 5.82. The zero-order valence-corrected chi connectivity index (χ0v) is 16.3. The van der Waals surface area contributed by atoms with Crippen LogP contribution in [0.3, 0.4) is 0 Å². The first-order chi connectivity index (χ1) is 10.2. The SMILES string of the molecule is CCCCCC(O[Si](C)(C)C(C)(C)C)c1ccc(CO)cc1. The van der Waals surface area contributed by atoms with E-state index in [1.54, 1.807) is 0 Å². The average molecular weight is 323 g/mol. The van der Waals surface area contributed by atoms with Crippen molar-refractivity contribution in [2.75, 3.05) is 0 Å². The lowest BCUT2D eigenvalue weighted by atomic mass is 10.0. The number of benzene rings is 1. The summed E-state index contributed by atoms with van der Waals surface area (Å²) in [6, 6.07) is 8.26. The van der Waals surface area contributed by atoms with Crippen LogP contribution >= 0.6 is 0 Å². The fraction of sp³-hybridized carbons (Fsp3) is 0.684. The smallest absolute Gasteiger partial charge is 0.192 e. The molecular weight excluding hydrogens is 288 g/mol. The van der Waals surface area contributed by atoms with Crippen LogP contribution in [0.15, 0.2) is 24.3 Å². The largest absolute Gasteiger partial charge is 0.410 e. The van der Waals surface area contributed by atoms with Crippen LogP contribution in [0.4, 0.5) is 0 Å². The van der Waals surface area contributed by atoms with E-state index in [4.69, 9.17) is 4.43 Å². The van der Waals surface area contributed by atoms with Crippen LogP contribution < -0.4 is 0 Å². The van der Waals surface area contributed by atoms with Gasteiger partial charge in [-0.2, -0.15) is 0 Å². The third-order valence-electron chi connectivity index (χ3n) is 4.85. The summed E-state index contributed by atoms with van der Waals surface area (Å²) in [5.74, 6) is 0. The Hall–Kier alpha value is -0.643. The molecule has 0 radical (unpaired) electrons. The van der Waals surface area contributed by atoms with Gasteiger partial charge in [-0.05, 0) is 35.7 Å². The first-order valence-electron chi connectivity index (χ1n) is 8.59. The standard InChI is InChI=1S/C19H34O2Si/c1-7-8-9-10-18(21-22(5,6)19(2,3)4)17-13-11-16(15-20)12-14-17/h11-14,18,20H,7-10,15H2,1-6H3. The van der Waals surface area contributed by atoms with Gasteiger partial charge in [0, 0.05) is 0 Å². The van der Waals surface area contributed by atoms with Crippen LogP contribution in [-0.4, -0.2) is 13.4 Å². The van der Waals surface area contributed by atoms with Crippen molar-refractivity contribution < 1.29 is 9.53 Å². The maximum Gasteiger partial charge on any atom is 0.192 e. The average Bonchev–Trinajstić information content (AvgIpc) is 2.45. The molecule has 0 saturated carbocycles. The maximum atomic E-state index is 9.21. The Morgan fingerprint density at radius 1 is 1.09 bits per heavy atom. The molecule has 1 N–H and O–H groups in total. The minimum absolute atomic E-state index is 0.101. The summed E-state index contributed by atoms with van der Waals surface area (Å²) in [4.78, 5) is 0.